The van der Waals surface area contributed by atoms with Crippen LogP contribution in [0.15, 0.2) is 78.9 Å². The lowest BCUT2D eigenvalue weighted by Gasteiger charge is -2.43. The zero-order valence-corrected chi connectivity index (χ0v) is 22.1. The number of benzene rings is 3. The minimum Gasteiger partial charge on any atom is -0.497 e. The molecule has 3 aromatic carbocycles. The second-order valence-corrected chi connectivity index (χ2v) is 9.46. The first-order valence-electron chi connectivity index (χ1n) is 12.7. The molecule has 1 heterocycles. The fourth-order valence-corrected chi connectivity index (χ4v) is 5.15. The molecule has 0 bridgehead atoms. The Kier molecular flexibility index (Phi) is 9.15. The van der Waals surface area contributed by atoms with E-state index in [1.54, 1.807) is 49.6 Å². The lowest BCUT2D eigenvalue weighted by atomic mass is 10.00. The monoisotopic (exact) mass is 567 g/mol. The van der Waals surface area contributed by atoms with Crippen LogP contribution in [0, 0.1) is 0 Å². The third-order valence-electron chi connectivity index (χ3n) is 7.10. The molecule has 1 aliphatic heterocycles. The van der Waals surface area contributed by atoms with E-state index >= 15 is 0 Å². The lowest BCUT2D eigenvalue weighted by Crippen LogP contribution is -2.53. The van der Waals surface area contributed by atoms with Crippen molar-refractivity contribution < 1.29 is 35.8 Å². The van der Waals surface area contributed by atoms with Gasteiger partial charge in [-0.25, -0.2) is 0 Å². The predicted molar refractivity (Wildman–Crippen MR) is 141 cm³/mol. The zero-order chi connectivity index (χ0) is 28.9. The van der Waals surface area contributed by atoms with Gasteiger partial charge in [-0.15, -0.1) is 0 Å². The van der Waals surface area contributed by atoms with E-state index in [1.165, 1.54) is 25.3 Å². The predicted octanol–water partition coefficient (Wildman–Crippen LogP) is 6.69. The number of piperazine rings is 1. The van der Waals surface area contributed by atoms with E-state index in [1.807, 2.05) is 15.9 Å². The van der Waals surface area contributed by atoms with E-state index in [2.05, 4.69) is 0 Å². The van der Waals surface area contributed by atoms with Crippen LogP contribution in [0.25, 0.3) is 0 Å². The van der Waals surface area contributed by atoms with Crippen LogP contribution in [0.2, 0.25) is 0 Å². The van der Waals surface area contributed by atoms with E-state index in [4.69, 9.17) is 9.47 Å². The third-order valence-corrected chi connectivity index (χ3v) is 7.10. The SMILES string of the molecule is COc1ccc(N2CCN(C(CN(C(c3ccccc3)C(F)(F)F)C(F)(F)F)c3ccccc3)CC2)c(OC)c1. The maximum absolute atomic E-state index is 14.4. The van der Waals surface area contributed by atoms with Crippen LogP contribution in [-0.2, 0) is 0 Å². The summed E-state index contributed by atoms with van der Waals surface area (Å²) >= 11 is 0. The van der Waals surface area contributed by atoms with Crippen molar-refractivity contribution in [3.8, 4) is 11.5 Å². The van der Waals surface area contributed by atoms with Crippen molar-refractivity contribution in [2.24, 2.45) is 0 Å². The molecule has 0 saturated carbocycles. The summed E-state index contributed by atoms with van der Waals surface area (Å²) in [5, 5.41) is 0. The smallest absolute Gasteiger partial charge is 0.460 e. The topological polar surface area (TPSA) is 28.2 Å². The largest absolute Gasteiger partial charge is 0.497 e. The summed E-state index contributed by atoms with van der Waals surface area (Å²) in [5.41, 5.74) is 0.856. The van der Waals surface area contributed by atoms with Gasteiger partial charge in [-0.1, -0.05) is 60.7 Å². The molecule has 4 rings (SSSR count). The van der Waals surface area contributed by atoms with Crippen molar-refractivity contribution in [1.82, 2.24) is 9.80 Å². The molecule has 0 aliphatic carbocycles. The molecule has 3 aromatic rings. The molecule has 2 unspecified atom stereocenters. The summed E-state index contributed by atoms with van der Waals surface area (Å²) in [6.07, 6.45) is -10.4. The number of nitrogens with zero attached hydrogens (tertiary/aromatic N) is 3. The number of halogens is 6. The number of hydrogen-bond donors (Lipinski definition) is 0. The highest BCUT2D eigenvalue weighted by atomic mass is 19.4. The van der Waals surface area contributed by atoms with E-state index in [-0.39, 0.29) is 4.90 Å². The number of anilines is 1. The first-order chi connectivity index (χ1) is 19.0. The summed E-state index contributed by atoms with van der Waals surface area (Å²) < 4.78 is 96.8. The number of methoxy groups -OCH3 is 2. The molecule has 216 valence electrons. The third kappa shape index (κ3) is 6.82. The van der Waals surface area contributed by atoms with Crippen LogP contribution in [-0.4, -0.2) is 69.2 Å². The van der Waals surface area contributed by atoms with Crippen molar-refractivity contribution in [2.45, 2.75) is 24.6 Å². The minimum absolute atomic E-state index is 0.336. The molecular formula is C29H31F6N3O2. The highest BCUT2D eigenvalue weighted by Gasteiger charge is 2.54. The van der Waals surface area contributed by atoms with Crippen LogP contribution in [0.3, 0.4) is 0 Å². The van der Waals surface area contributed by atoms with Gasteiger partial charge >= 0.3 is 12.5 Å². The molecule has 1 aliphatic rings. The maximum Gasteiger partial charge on any atom is 0.460 e. The number of hydrogen-bond acceptors (Lipinski definition) is 5. The Bertz CT molecular complexity index is 1220. The van der Waals surface area contributed by atoms with Gasteiger partial charge in [-0.05, 0) is 23.3 Å². The van der Waals surface area contributed by atoms with Gasteiger partial charge in [-0.2, -0.15) is 31.2 Å². The number of rotatable bonds is 9. The molecule has 0 spiro atoms. The molecule has 11 heteroatoms. The van der Waals surface area contributed by atoms with Gasteiger partial charge in [0.25, 0.3) is 0 Å². The Labute approximate surface area is 229 Å². The molecule has 0 amide bonds. The first kappa shape index (κ1) is 29.5. The number of ether oxygens (including phenoxy) is 2. The highest BCUT2D eigenvalue weighted by Crippen LogP contribution is 2.44. The summed E-state index contributed by atoms with van der Waals surface area (Å²) in [6.45, 7) is 0.669. The fraction of sp³-hybridized carbons (Fsp3) is 0.379. The lowest BCUT2D eigenvalue weighted by molar-refractivity contribution is -0.306. The Morgan fingerprint density at radius 3 is 1.82 bits per heavy atom. The average molecular weight is 568 g/mol. The second kappa shape index (κ2) is 12.4. The Balaban J connectivity index is 1.64. The van der Waals surface area contributed by atoms with Gasteiger partial charge in [0, 0.05) is 44.8 Å². The minimum atomic E-state index is -5.23. The van der Waals surface area contributed by atoms with Crippen molar-refractivity contribution >= 4 is 5.69 Å². The molecule has 0 aromatic heterocycles. The van der Waals surface area contributed by atoms with Crippen molar-refractivity contribution in [3.05, 3.63) is 90.0 Å². The summed E-state index contributed by atoms with van der Waals surface area (Å²) in [5.74, 6) is 1.21. The van der Waals surface area contributed by atoms with Crippen LogP contribution in [0.1, 0.15) is 23.2 Å². The Morgan fingerprint density at radius 2 is 1.32 bits per heavy atom. The van der Waals surface area contributed by atoms with Crippen LogP contribution in [0.4, 0.5) is 32.0 Å². The molecule has 0 N–H and O–H groups in total. The summed E-state index contributed by atoms with van der Waals surface area (Å²) in [6, 6.07) is 16.2. The van der Waals surface area contributed by atoms with E-state index < -0.39 is 36.7 Å². The van der Waals surface area contributed by atoms with Crippen LogP contribution in [0.5, 0.6) is 11.5 Å². The van der Waals surface area contributed by atoms with Gasteiger partial charge in [0.05, 0.1) is 19.9 Å². The summed E-state index contributed by atoms with van der Waals surface area (Å²) in [7, 11) is 3.08. The standard InChI is InChI=1S/C29H31F6N3O2/c1-39-23-13-14-24(26(19-23)40-2)36-15-17-37(18-16-36)25(21-9-5-3-6-10-21)20-38(29(33,34)35)27(28(30,31)32)22-11-7-4-8-12-22/h3-14,19,25,27H,15-18,20H2,1-2H3. The average Bonchev–Trinajstić information content (AvgIpc) is 2.94. The van der Waals surface area contributed by atoms with Gasteiger partial charge in [0.1, 0.15) is 17.5 Å². The first-order valence-corrected chi connectivity index (χ1v) is 12.7. The van der Waals surface area contributed by atoms with Crippen molar-refractivity contribution in [2.75, 3.05) is 51.8 Å². The Morgan fingerprint density at radius 1 is 0.750 bits per heavy atom. The van der Waals surface area contributed by atoms with Gasteiger partial charge < -0.3 is 14.4 Å². The normalized spacial score (nSPS) is 16.6. The van der Waals surface area contributed by atoms with E-state index in [0.29, 0.717) is 43.2 Å². The van der Waals surface area contributed by atoms with Gasteiger partial charge in [0.2, 0.25) is 0 Å². The van der Waals surface area contributed by atoms with Crippen LogP contribution < -0.4 is 14.4 Å². The Hall–Kier alpha value is -3.44. The molecule has 1 fully saturated rings. The van der Waals surface area contributed by atoms with Gasteiger partial charge in [0.15, 0.2) is 0 Å². The van der Waals surface area contributed by atoms with Gasteiger partial charge in [-0.3, -0.25) is 4.90 Å². The maximum atomic E-state index is 14.4. The molecule has 2 atom stereocenters. The highest BCUT2D eigenvalue weighted by molar-refractivity contribution is 5.61. The van der Waals surface area contributed by atoms with E-state index in [0.717, 1.165) is 17.8 Å². The number of alkyl halides is 6. The van der Waals surface area contributed by atoms with Crippen LogP contribution >= 0.6 is 0 Å². The van der Waals surface area contributed by atoms with E-state index in [9.17, 15) is 26.3 Å². The fourth-order valence-electron chi connectivity index (χ4n) is 5.15. The molecular weight excluding hydrogens is 536 g/mol. The summed E-state index contributed by atoms with van der Waals surface area (Å²) in [4.78, 5) is 3.48. The zero-order valence-electron chi connectivity index (χ0n) is 22.1. The second-order valence-electron chi connectivity index (χ2n) is 9.46. The molecule has 40 heavy (non-hydrogen) atoms. The van der Waals surface area contributed by atoms with Crippen molar-refractivity contribution in [1.29, 1.82) is 0 Å². The molecule has 5 nitrogen and oxygen atoms in total. The quantitative estimate of drug-likeness (QED) is 0.212. The molecule has 1 saturated heterocycles. The van der Waals surface area contributed by atoms with Crippen molar-refractivity contribution in [3.63, 3.8) is 0 Å². The molecule has 0 radical (unpaired) electrons.